The van der Waals surface area contributed by atoms with Crippen LogP contribution in [-0.4, -0.2) is 27.8 Å². The van der Waals surface area contributed by atoms with Crippen LogP contribution in [0.4, 0.5) is 0 Å². The van der Waals surface area contributed by atoms with Gasteiger partial charge in [0.15, 0.2) is 10.5 Å². The molecule has 0 saturated heterocycles. The fraction of sp³-hybridized carbons (Fsp3) is 0.286. The van der Waals surface area contributed by atoms with Crippen molar-refractivity contribution in [3.63, 3.8) is 0 Å². The molecule has 1 aliphatic heterocycles. The highest BCUT2D eigenvalue weighted by atomic mass is 32.2. The van der Waals surface area contributed by atoms with Gasteiger partial charge in [0.2, 0.25) is 5.17 Å². The molecule has 1 unspecified atom stereocenters. The molecule has 108 valence electrons. The van der Waals surface area contributed by atoms with E-state index in [1.165, 1.54) is 0 Å². The summed E-state index contributed by atoms with van der Waals surface area (Å²) in [5.41, 5.74) is 6.14. The molecular formula is C14H14N4O2S. The summed E-state index contributed by atoms with van der Waals surface area (Å²) in [6, 6.07) is 9.60. The van der Waals surface area contributed by atoms with Crippen LogP contribution >= 0.6 is 11.8 Å². The SMILES string of the molecule is O=C1CCCC12SC(N/N=C/c1ccccc1)=NNC2=O. The molecule has 0 aromatic heterocycles. The number of ketones is 1. The Labute approximate surface area is 126 Å². The molecule has 1 atom stereocenters. The van der Waals surface area contributed by atoms with Crippen LogP contribution in [0.15, 0.2) is 40.5 Å². The highest BCUT2D eigenvalue weighted by Crippen LogP contribution is 2.40. The van der Waals surface area contributed by atoms with Gasteiger partial charge in [0.1, 0.15) is 0 Å². The first-order valence-electron chi connectivity index (χ1n) is 6.65. The van der Waals surface area contributed by atoms with E-state index in [9.17, 15) is 9.59 Å². The number of amides is 1. The molecule has 1 aromatic rings. The van der Waals surface area contributed by atoms with Gasteiger partial charge >= 0.3 is 0 Å². The van der Waals surface area contributed by atoms with Gasteiger partial charge in [0, 0.05) is 6.42 Å². The lowest BCUT2D eigenvalue weighted by molar-refractivity contribution is -0.130. The van der Waals surface area contributed by atoms with E-state index in [-0.39, 0.29) is 11.7 Å². The lowest BCUT2D eigenvalue weighted by Gasteiger charge is -2.27. The normalized spacial score (nSPS) is 25.2. The number of hydrazone groups is 2. The second-order valence-corrected chi connectivity index (χ2v) is 6.13. The maximum Gasteiger partial charge on any atom is 0.264 e. The molecule has 2 N–H and O–H groups in total. The van der Waals surface area contributed by atoms with Crippen molar-refractivity contribution in [3.8, 4) is 0 Å². The molecule has 2 aliphatic rings. The van der Waals surface area contributed by atoms with Crippen LogP contribution < -0.4 is 10.9 Å². The minimum atomic E-state index is -1.02. The van der Waals surface area contributed by atoms with Gasteiger partial charge in [-0.3, -0.25) is 15.0 Å². The zero-order chi connectivity index (χ0) is 14.7. The Morgan fingerprint density at radius 1 is 1.33 bits per heavy atom. The standard InChI is InChI=1S/C14H14N4O2S/c19-11-7-4-8-14(11)12(20)16-18-13(21-14)17-15-9-10-5-2-1-3-6-10/h1-3,5-6,9H,4,7-8H2,(H,16,20)(H,17,18)/b15-9+. The van der Waals surface area contributed by atoms with Gasteiger partial charge in [0.25, 0.3) is 5.91 Å². The molecular weight excluding hydrogens is 288 g/mol. The molecule has 21 heavy (non-hydrogen) atoms. The Morgan fingerprint density at radius 2 is 2.14 bits per heavy atom. The number of hydrogen-bond acceptors (Lipinski definition) is 6. The van der Waals surface area contributed by atoms with Gasteiger partial charge in [-0.25, -0.2) is 5.43 Å². The number of carbonyl (C=O) groups excluding carboxylic acids is 2. The van der Waals surface area contributed by atoms with Gasteiger partial charge in [0.05, 0.1) is 6.21 Å². The molecule has 1 saturated carbocycles. The van der Waals surface area contributed by atoms with Crippen molar-refractivity contribution in [2.45, 2.75) is 24.0 Å². The Bertz CT molecular complexity index is 629. The zero-order valence-electron chi connectivity index (χ0n) is 11.2. The van der Waals surface area contributed by atoms with Crippen LogP contribution in [0.25, 0.3) is 0 Å². The lowest BCUT2D eigenvalue weighted by Crippen LogP contribution is -2.51. The summed E-state index contributed by atoms with van der Waals surface area (Å²) >= 11 is 1.16. The van der Waals surface area contributed by atoms with Gasteiger partial charge in [-0.15, -0.1) is 5.10 Å². The Balaban J connectivity index is 1.68. The summed E-state index contributed by atoms with van der Waals surface area (Å²) in [5, 5.41) is 8.41. The third-order valence-corrected chi connectivity index (χ3v) is 4.79. The van der Waals surface area contributed by atoms with E-state index >= 15 is 0 Å². The molecule has 1 aromatic carbocycles. The first-order chi connectivity index (χ1) is 10.2. The third kappa shape index (κ3) is 2.69. The molecule has 0 bridgehead atoms. The van der Waals surface area contributed by atoms with Crippen LogP contribution in [0.1, 0.15) is 24.8 Å². The fourth-order valence-corrected chi connectivity index (χ4v) is 3.48. The highest BCUT2D eigenvalue weighted by Gasteiger charge is 2.52. The van der Waals surface area contributed by atoms with E-state index in [1.807, 2.05) is 30.3 Å². The average molecular weight is 302 g/mol. The van der Waals surface area contributed by atoms with Crippen molar-refractivity contribution in [1.29, 1.82) is 0 Å². The smallest absolute Gasteiger partial charge is 0.264 e. The number of carbonyl (C=O) groups is 2. The quantitative estimate of drug-likeness (QED) is 0.489. The van der Waals surface area contributed by atoms with Crippen LogP contribution in [0.2, 0.25) is 0 Å². The van der Waals surface area contributed by atoms with Crippen molar-refractivity contribution < 1.29 is 9.59 Å². The van der Waals surface area contributed by atoms with Crippen molar-refractivity contribution in [2.75, 3.05) is 0 Å². The second kappa shape index (κ2) is 5.69. The molecule has 1 amide bonds. The Kier molecular flexibility index (Phi) is 3.74. The number of nitrogens with zero attached hydrogens (tertiary/aromatic N) is 2. The topological polar surface area (TPSA) is 82.9 Å². The third-order valence-electron chi connectivity index (χ3n) is 3.45. The summed E-state index contributed by atoms with van der Waals surface area (Å²) in [7, 11) is 0. The maximum absolute atomic E-state index is 12.0. The molecule has 7 heteroatoms. The van der Waals surface area contributed by atoms with Crippen LogP contribution in [0.5, 0.6) is 0 Å². The maximum atomic E-state index is 12.0. The monoisotopic (exact) mass is 302 g/mol. The largest absolute Gasteiger partial charge is 0.298 e. The molecule has 1 aliphatic carbocycles. The first kappa shape index (κ1) is 13.8. The van der Waals surface area contributed by atoms with E-state index in [1.54, 1.807) is 6.21 Å². The number of Topliss-reactive ketones (excluding diaryl/α,β-unsaturated/α-hetero) is 1. The van der Waals surface area contributed by atoms with E-state index in [4.69, 9.17) is 0 Å². The van der Waals surface area contributed by atoms with E-state index < -0.39 is 4.75 Å². The van der Waals surface area contributed by atoms with E-state index in [2.05, 4.69) is 21.1 Å². The van der Waals surface area contributed by atoms with Crippen molar-refractivity contribution in [1.82, 2.24) is 10.9 Å². The number of amidine groups is 1. The number of thioether (sulfide) groups is 1. The second-order valence-electron chi connectivity index (χ2n) is 4.84. The van der Waals surface area contributed by atoms with Gasteiger partial charge in [-0.2, -0.15) is 5.10 Å². The van der Waals surface area contributed by atoms with Gasteiger partial charge in [-0.05, 0) is 18.4 Å². The number of rotatable bonds is 2. The predicted octanol–water partition coefficient (Wildman–Crippen LogP) is 1.24. The predicted molar refractivity (Wildman–Crippen MR) is 81.9 cm³/mol. The Hall–Kier alpha value is -2.15. The van der Waals surface area contributed by atoms with Crippen LogP contribution in [0.3, 0.4) is 0 Å². The number of hydrogen-bond donors (Lipinski definition) is 2. The van der Waals surface area contributed by atoms with Crippen LogP contribution in [-0.2, 0) is 9.59 Å². The summed E-state index contributed by atoms with van der Waals surface area (Å²) in [4.78, 5) is 23.9. The summed E-state index contributed by atoms with van der Waals surface area (Å²) < 4.78 is -1.02. The molecule has 3 rings (SSSR count). The number of nitrogens with one attached hydrogen (secondary N) is 2. The van der Waals surface area contributed by atoms with Crippen molar-refractivity contribution >= 4 is 34.8 Å². The molecule has 0 radical (unpaired) electrons. The van der Waals surface area contributed by atoms with Gasteiger partial charge < -0.3 is 0 Å². The van der Waals surface area contributed by atoms with Crippen LogP contribution in [0, 0.1) is 0 Å². The van der Waals surface area contributed by atoms with Crippen molar-refractivity contribution in [3.05, 3.63) is 35.9 Å². The minimum Gasteiger partial charge on any atom is -0.298 e. The fourth-order valence-electron chi connectivity index (χ4n) is 2.36. The summed E-state index contributed by atoms with van der Waals surface area (Å²) in [6.07, 6.45) is 3.38. The Morgan fingerprint density at radius 3 is 2.86 bits per heavy atom. The highest BCUT2D eigenvalue weighted by molar-refractivity contribution is 8.16. The van der Waals surface area contributed by atoms with E-state index in [0.717, 1.165) is 23.7 Å². The molecule has 1 fully saturated rings. The molecule has 1 spiro atoms. The minimum absolute atomic E-state index is 0.0359. The first-order valence-corrected chi connectivity index (χ1v) is 7.47. The van der Waals surface area contributed by atoms with Gasteiger partial charge in [-0.1, -0.05) is 42.1 Å². The molecule has 6 nitrogen and oxygen atoms in total. The molecule has 1 heterocycles. The average Bonchev–Trinajstić information content (AvgIpc) is 2.86. The summed E-state index contributed by atoms with van der Waals surface area (Å²) in [6.45, 7) is 0. The van der Waals surface area contributed by atoms with Crippen molar-refractivity contribution in [2.24, 2.45) is 10.2 Å². The summed E-state index contributed by atoms with van der Waals surface area (Å²) in [5.74, 6) is -0.362. The lowest BCUT2D eigenvalue weighted by atomic mass is 10.1. The van der Waals surface area contributed by atoms with E-state index in [0.29, 0.717) is 18.0 Å². The zero-order valence-corrected chi connectivity index (χ0v) is 12.0. The number of benzene rings is 1.